The molecule has 0 radical (unpaired) electrons. The first-order chi connectivity index (χ1) is 8.04. The molecule has 7 nitrogen and oxygen atoms in total. The minimum atomic E-state index is -0.514. The van der Waals surface area contributed by atoms with Gasteiger partial charge >= 0.3 is 11.7 Å². The molecule has 1 heterocycles. The molecule has 0 aliphatic carbocycles. The topological polar surface area (TPSA) is 81.5 Å². The summed E-state index contributed by atoms with van der Waals surface area (Å²) >= 11 is 0. The number of nitrogens with zero attached hydrogens (tertiary/aromatic N) is 3. The molecule has 1 aromatic rings. The highest BCUT2D eigenvalue weighted by molar-refractivity contribution is 5.81. The minimum absolute atomic E-state index is 0.148. The summed E-state index contributed by atoms with van der Waals surface area (Å²) in [4.78, 5) is 38.5. The standard InChI is InChI=1S/C10H13N3O4/c1-12(7-9(15)17-2)8(14)6-13-5-3-4-11-10(13)16/h3-5H,6-7H2,1-2H3. The van der Waals surface area contributed by atoms with Gasteiger partial charge in [-0.25, -0.2) is 9.78 Å². The Hall–Kier alpha value is -2.18. The number of hydrogen-bond donors (Lipinski definition) is 0. The maximum Gasteiger partial charge on any atom is 0.347 e. The molecule has 0 unspecified atom stereocenters. The van der Waals surface area contributed by atoms with E-state index in [1.165, 1.54) is 31.5 Å². The molecule has 0 fully saturated rings. The predicted octanol–water partition coefficient (Wildman–Crippen LogP) is -1.13. The van der Waals surface area contributed by atoms with Gasteiger partial charge in [-0.1, -0.05) is 0 Å². The molecule has 17 heavy (non-hydrogen) atoms. The predicted molar refractivity (Wildman–Crippen MR) is 58.2 cm³/mol. The van der Waals surface area contributed by atoms with Gasteiger partial charge in [0.2, 0.25) is 5.91 Å². The highest BCUT2D eigenvalue weighted by Gasteiger charge is 2.13. The van der Waals surface area contributed by atoms with E-state index in [0.717, 1.165) is 4.57 Å². The van der Waals surface area contributed by atoms with Crippen LogP contribution in [-0.2, 0) is 20.9 Å². The van der Waals surface area contributed by atoms with Crippen molar-refractivity contribution in [3.8, 4) is 0 Å². The van der Waals surface area contributed by atoms with Gasteiger partial charge in [0.25, 0.3) is 0 Å². The molecule has 0 saturated carbocycles. The number of aromatic nitrogens is 2. The number of esters is 1. The van der Waals surface area contributed by atoms with Crippen molar-refractivity contribution in [1.29, 1.82) is 0 Å². The van der Waals surface area contributed by atoms with Gasteiger partial charge in [-0.2, -0.15) is 0 Å². The van der Waals surface area contributed by atoms with Gasteiger partial charge in [0, 0.05) is 19.4 Å². The Balaban J connectivity index is 2.64. The van der Waals surface area contributed by atoms with Gasteiger partial charge in [-0.05, 0) is 6.07 Å². The van der Waals surface area contributed by atoms with E-state index in [1.54, 1.807) is 6.07 Å². The molecule has 0 atom stereocenters. The fraction of sp³-hybridized carbons (Fsp3) is 0.400. The number of amides is 1. The molecular formula is C10H13N3O4. The highest BCUT2D eigenvalue weighted by Crippen LogP contribution is 1.90. The van der Waals surface area contributed by atoms with Crippen LogP contribution in [0.3, 0.4) is 0 Å². The third kappa shape index (κ3) is 3.71. The highest BCUT2D eigenvalue weighted by atomic mass is 16.5. The Morgan fingerprint density at radius 1 is 1.53 bits per heavy atom. The largest absolute Gasteiger partial charge is 0.468 e. The van der Waals surface area contributed by atoms with Gasteiger partial charge in [0.1, 0.15) is 13.1 Å². The van der Waals surface area contributed by atoms with Crippen molar-refractivity contribution in [1.82, 2.24) is 14.5 Å². The Kier molecular flexibility index (Phi) is 4.38. The van der Waals surface area contributed by atoms with Crippen LogP contribution in [0.5, 0.6) is 0 Å². The fourth-order valence-corrected chi connectivity index (χ4v) is 1.12. The van der Waals surface area contributed by atoms with Gasteiger partial charge in [-0.15, -0.1) is 0 Å². The second-order valence-electron chi connectivity index (χ2n) is 3.36. The van der Waals surface area contributed by atoms with Crippen molar-refractivity contribution >= 4 is 11.9 Å². The van der Waals surface area contributed by atoms with Gasteiger partial charge in [0.05, 0.1) is 7.11 Å². The quantitative estimate of drug-likeness (QED) is 0.621. The second kappa shape index (κ2) is 5.78. The Bertz CT molecular complexity index is 469. The number of hydrogen-bond acceptors (Lipinski definition) is 5. The zero-order chi connectivity index (χ0) is 12.8. The molecule has 0 saturated heterocycles. The lowest BCUT2D eigenvalue weighted by Gasteiger charge is -2.15. The SMILES string of the molecule is COC(=O)CN(C)C(=O)Cn1cccnc1=O. The summed E-state index contributed by atoms with van der Waals surface area (Å²) in [5.74, 6) is -0.884. The van der Waals surface area contributed by atoms with Crippen LogP contribution in [0.4, 0.5) is 0 Å². The number of ether oxygens (including phenoxy) is 1. The summed E-state index contributed by atoms with van der Waals surface area (Å²) < 4.78 is 5.59. The number of methoxy groups -OCH3 is 1. The van der Waals surface area contributed by atoms with E-state index < -0.39 is 11.7 Å². The summed E-state index contributed by atoms with van der Waals surface area (Å²) in [5, 5.41) is 0. The van der Waals surface area contributed by atoms with E-state index in [4.69, 9.17) is 0 Å². The molecule has 0 spiro atoms. The van der Waals surface area contributed by atoms with Crippen molar-refractivity contribution in [3.05, 3.63) is 28.9 Å². The van der Waals surface area contributed by atoms with Gasteiger partial charge < -0.3 is 9.64 Å². The molecule has 0 bridgehead atoms. The summed E-state index contributed by atoms with van der Waals surface area (Å²) in [6, 6.07) is 1.55. The summed E-state index contributed by atoms with van der Waals surface area (Å²) in [6.07, 6.45) is 2.81. The van der Waals surface area contributed by atoms with E-state index in [0.29, 0.717) is 0 Å². The molecule has 7 heteroatoms. The van der Waals surface area contributed by atoms with Crippen LogP contribution in [-0.4, -0.2) is 47.0 Å². The minimum Gasteiger partial charge on any atom is -0.468 e. The van der Waals surface area contributed by atoms with Crippen molar-refractivity contribution in [2.24, 2.45) is 0 Å². The molecule has 0 aromatic carbocycles. The van der Waals surface area contributed by atoms with Crippen LogP contribution in [0.15, 0.2) is 23.3 Å². The fourth-order valence-electron chi connectivity index (χ4n) is 1.12. The maximum absolute atomic E-state index is 11.6. The van der Waals surface area contributed by atoms with Crippen LogP contribution in [0.25, 0.3) is 0 Å². The normalized spacial score (nSPS) is 9.76. The average Bonchev–Trinajstić information content (AvgIpc) is 2.31. The van der Waals surface area contributed by atoms with Crippen LogP contribution >= 0.6 is 0 Å². The maximum atomic E-state index is 11.6. The third-order valence-electron chi connectivity index (χ3n) is 2.11. The zero-order valence-electron chi connectivity index (χ0n) is 9.62. The molecule has 1 aromatic heterocycles. The van der Waals surface area contributed by atoms with E-state index in [1.807, 2.05) is 0 Å². The smallest absolute Gasteiger partial charge is 0.347 e. The lowest BCUT2D eigenvalue weighted by molar-refractivity contribution is -0.146. The van der Waals surface area contributed by atoms with Crippen LogP contribution in [0.1, 0.15) is 0 Å². The average molecular weight is 239 g/mol. The lowest BCUT2D eigenvalue weighted by Crippen LogP contribution is -2.37. The molecule has 1 amide bonds. The first kappa shape index (κ1) is 12.9. The first-order valence-corrected chi connectivity index (χ1v) is 4.87. The summed E-state index contributed by atoms with van der Waals surface area (Å²) in [5.41, 5.74) is -0.507. The van der Waals surface area contributed by atoms with E-state index in [2.05, 4.69) is 9.72 Å². The van der Waals surface area contributed by atoms with Gasteiger partial charge in [0.15, 0.2) is 0 Å². The Labute approximate surface area is 97.6 Å². The van der Waals surface area contributed by atoms with Crippen LogP contribution in [0.2, 0.25) is 0 Å². The number of carbonyl (C=O) groups is 2. The summed E-state index contributed by atoms with van der Waals surface area (Å²) in [7, 11) is 2.70. The first-order valence-electron chi connectivity index (χ1n) is 4.87. The molecule has 0 aliphatic heterocycles. The third-order valence-corrected chi connectivity index (χ3v) is 2.11. The lowest BCUT2D eigenvalue weighted by atomic mass is 10.4. The van der Waals surface area contributed by atoms with Gasteiger partial charge in [-0.3, -0.25) is 14.2 Å². The monoisotopic (exact) mass is 239 g/mol. The molecule has 92 valence electrons. The number of carbonyl (C=O) groups excluding carboxylic acids is 2. The van der Waals surface area contributed by atoms with Crippen molar-refractivity contribution in [2.45, 2.75) is 6.54 Å². The van der Waals surface area contributed by atoms with E-state index in [-0.39, 0.29) is 19.0 Å². The number of likely N-dealkylation sites (N-methyl/N-ethyl adjacent to an activating group) is 1. The molecule has 0 aliphatic rings. The van der Waals surface area contributed by atoms with Crippen molar-refractivity contribution in [3.63, 3.8) is 0 Å². The van der Waals surface area contributed by atoms with Crippen molar-refractivity contribution in [2.75, 3.05) is 20.7 Å². The Morgan fingerprint density at radius 3 is 2.82 bits per heavy atom. The molecule has 1 rings (SSSR count). The van der Waals surface area contributed by atoms with Crippen LogP contribution < -0.4 is 5.69 Å². The van der Waals surface area contributed by atoms with E-state index >= 15 is 0 Å². The van der Waals surface area contributed by atoms with E-state index in [9.17, 15) is 14.4 Å². The summed E-state index contributed by atoms with van der Waals surface area (Å²) in [6.45, 7) is -0.301. The molecule has 0 N–H and O–H groups in total. The number of rotatable bonds is 4. The zero-order valence-corrected chi connectivity index (χ0v) is 9.62. The van der Waals surface area contributed by atoms with Crippen molar-refractivity contribution < 1.29 is 14.3 Å². The Morgan fingerprint density at radius 2 is 2.24 bits per heavy atom. The second-order valence-corrected chi connectivity index (χ2v) is 3.36. The van der Waals surface area contributed by atoms with Crippen LogP contribution in [0, 0.1) is 0 Å². The molecular weight excluding hydrogens is 226 g/mol.